The van der Waals surface area contributed by atoms with Crippen molar-refractivity contribution in [3.05, 3.63) is 93.8 Å². The number of pyridine rings is 1. The van der Waals surface area contributed by atoms with Crippen molar-refractivity contribution in [2.45, 2.75) is 17.5 Å². The maximum atomic E-state index is 14.3. The Morgan fingerprint density at radius 2 is 2.06 bits per heavy atom. The number of nitro groups is 1. The monoisotopic (exact) mass is 502 g/mol. The van der Waals surface area contributed by atoms with Gasteiger partial charge >= 0.3 is 0 Å². The SMILES string of the molecule is COc1ccc2c(c1)C1(C(=O)N2)C(C(=O)c2cccnc2)C(c2ccc([N+](=O)[O-])cc2)C2CSCN21. The van der Waals surface area contributed by atoms with E-state index in [1.807, 2.05) is 12.1 Å². The number of nitrogens with zero attached hydrogens (tertiary/aromatic N) is 3. The standard InChI is InChI=1S/C26H22N4O5S/c1-35-18-8-9-20-19(11-18)26(25(32)28-20)23(24(31)16-3-2-10-27-12-16)22(21-13-36-14-29(21)26)15-4-6-17(7-5-15)30(33)34/h2-12,21-23H,13-14H2,1H3,(H,28,32). The summed E-state index contributed by atoms with van der Waals surface area (Å²) in [6.07, 6.45) is 3.13. The Bertz CT molecular complexity index is 1380. The summed E-state index contributed by atoms with van der Waals surface area (Å²) in [5.41, 5.74) is 1.31. The fourth-order valence-electron chi connectivity index (χ4n) is 6.06. The molecule has 4 heterocycles. The number of methoxy groups -OCH3 is 1. The van der Waals surface area contributed by atoms with Crippen molar-refractivity contribution in [1.82, 2.24) is 9.88 Å². The number of anilines is 1. The molecule has 4 unspecified atom stereocenters. The van der Waals surface area contributed by atoms with Crippen molar-refractivity contribution in [2.75, 3.05) is 24.1 Å². The van der Waals surface area contributed by atoms with Crippen molar-refractivity contribution in [2.24, 2.45) is 5.92 Å². The minimum atomic E-state index is -1.25. The van der Waals surface area contributed by atoms with Crippen LogP contribution in [0.4, 0.5) is 11.4 Å². The van der Waals surface area contributed by atoms with Gasteiger partial charge in [-0.2, -0.15) is 0 Å². The zero-order chi connectivity index (χ0) is 25.0. The van der Waals surface area contributed by atoms with Crippen LogP contribution in [-0.4, -0.2) is 51.3 Å². The first-order valence-electron chi connectivity index (χ1n) is 11.5. The van der Waals surface area contributed by atoms with E-state index in [4.69, 9.17) is 4.74 Å². The summed E-state index contributed by atoms with van der Waals surface area (Å²) in [5, 5.41) is 14.3. The van der Waals surface area contributed by atoms with Crippen molar-refractivity contribution in [1.29, 1.82) is 0 Å². The third kappa shape index (κ3) is 3.11. The van der Waals surface area contributed by atoms with Crippen LogP contribution in [0.3, 0.4) is 0 Å². The van der Waals surface area contributed by atoms with Gasteiger partial charge in [0.2, 0.25) is 5.91 Å². The third-order valence-electron chi connectivity index (χ3n) is 7.55. The Balaban J connectivity index is 1.60. The second kappa shape index (κ2) is 8.42. The van der Waals surface area contributed by atoms with Crippen LogP contribution in [0, 0.1) is 16.0 Å². The highest BCUT2D eigenvalue weighted by Gasteiger charge is 2.69. The molecule has 10 heteroatoms. The number of carbonyl (C=O) groups is 2. The fourth-order valence-corrected chi connectivity index (χ4v) is 7.39. The number of thioether (sulfide) groups is 1. The van der Waals surface area contributed by atoms with E-state index in [1.54, 1.807) is 55.4 Å². The zero-order valence-corrected chi connectivity index (χ0v) is 20.1. The lowest BCUT2D eigenvalue weighted by Crippen LogP contribution is -2.52. The van der Waals surface area contributed by atoms with Crippen molar-refractivity contribution in [3.8, 4) is 5.75 Å². The van der Waals surface area contributed by atoms with Crippen LogP contribution >= 0.6 is 11.8 Å². The lowest BCUT2D eigenvalue weighted by molar-refractivity contribution is -0.384. The van der Waals surface area contributed by atoms with Gasteiger partial charge in [-0.25, -0.2) is 0 Å². The molecule has 2 aromatic carbocycles. The number of rotatable bonds is 5. The quantitative estimate of drug-likeness (QED) is 0.318. The van der Waals surface area contributed by atoms with E-state index in [0.29, 0.717) is 28.4 Å². The minimum absolute atomic E-state index is 0.0204. The molecule has 9 nitrogen and oxygen atoms in total. The number of ether oxygens (including phenoxy) is 1. The van der Waals surface area contributed by atoms with Crippen molar-refractivity contribution >= 4 is 34.8 Å². The summed E-state index contributed by atoms with van der Waals surface area (Å²) < 4.78 is 5.49. The molecule has 0 saturated carbocycles. The number of non-ortho nitro benzene ring substituents is 1. The number of amides is 1. The highest BCUT2D eigenvalue weighted by molar-refractivity contribution is 7.99. The van der Waals surface area contributed by atoms with Gasteiger partial charge in [0.05, 0.1) is 18.0 Å². The molecule has 0 radical (unpaired) electrons. The molecular weight excluding hydrogens is 480 g/mol. The molecule has 3 aliphatic rings. The second-order valence-corrected chi connectivity index (χ2v) is 10.1. The molecule has 2 fully saturated rings. The molecule has 1 N–H and O–H groups in total. The molecule has 2 saturated heterocycles. The number of nitro benzene ring substituents is 1. The molecule has 3 aliphatic heterocycles. The Morgan fingerprint density at radius 1 is 1.25 bits per heavy atom. The van der Waals surface area contributed by atoms with Crippen LogP contribution in [0.5, 0.6) is 5.75 Å². The molecule has 0 aliphatic carbocycles. The molecule has 1 aromatic heterocycles. The average Bonchev–Trinajstić information content (AvgIpc) is 3.57. The van der Waals surface area contributed by atoms with Crippen LogP contribution in [0.2, 0.25) is 0 Å². The van der Waals surface area contributed by atoms with Gasteiger partial charge in [-0.05, 0) is 35.9 Å². The smallest absolute Gasteiger partial charge is 0.269 e. The first-order chi connectivity index (χ1) is 17.5. The number of Topliss-reactive ketones (excluding diaryl/α,β-unsaturated/α-hetero) is 1. The molecule has 4 atom stereocenters. The van der Waals surface area contributed by atoms with E-state index in [-0.39, 0.29) is 29.3 Å². The summed E-state index contributed by atoms with van der Waals surface area (Å²) in [4.78, 5) is 45.5. The van der Waals surface area contributed by atoms with E-state index in [2.05, 4.69) is 15.2 Å². The normalized spacial score (nSPS) is 26.5. The first-order valence-corrected chi connectivity index (χ1v) is 12.7. The lowest BCUT2D eigenvalue weighted by Gasteiger charge is -2.36. The Labute approximate surface area is 211 Å². The van der Waals surface area contributed by atoms with E-state index < -0.39 is 16.4 Å². The molecule has 36 heavy (non-hydrogen) atoms. The van der Waals surface area contributed by atoms with Gasteiger partial charge in [-0.1, -0.05) is 12.1 Å². The zero-order valence-electron chi connectivity index (χ0n) is 19.3. The van der Waals surface area contributed by atoms with Gasteiger partial charge in [-0.15, -0.1) is 11.8 Å². The van der Waals surface area contributed by atoms with Gasteiger partial charge < -0.3 is 10.1 Å². The highest BCUT2D eigenvalue weighted by Crippen LogP contribution is 2.61. The average molecular weight is 503 g/mol. The van der Waals surface area contributed by atoms with Crippen LogP contribution in [0.25, 0.3) is 0 Å². The minimum Gasteiger partial charge on any atom is -0.497 e. The molecule has 1 amide bonds. The van der Waals surface area contributed by atoms with Crippen LogP contribution in [-0.2, 0) is 10.3 Å². The number of aromatic nitrogens is 1. The molecule has 0 bridgehead atoms. The fraction of sp³-hybridized carbons (Fsp3) is 0.269. The first kappa shape index (κ1) is 22.7. The summed E-state index contributed by atoms with van der Waals surface area (Å²) in [5.74, 6) is 0.335. The van der Waals surface area contributed by atoms with Crippen molar-refractivity contribution < 1.29 is 19.2 Å². The lowest BCUT2D eigenvalue weighted by atomic mass is 9.69. The summed E-state index contributed by atoms with van der Waals surface area (Å²) in [6.45, 7) is 0. The molecular formula is C26H22N4O5S. The summed E-state index contributed by atoms with van der Waals surface area (Å²) >= 11 is 1.71. The van der Waals surface area contributed by atoms with E-state index >= 15 is 0 Å². The molecule has 1 spiro atoms. The van der Waals surface area contributed by atoms with Crippen LogP contribution in [0.1, 0.15) is 27.4 Å². The molecule has 182 valence electrons. The maximum absolute atomic E-state index is 14.3. The van der Waals surface area contributed by atoms with Gasteiger partial charge in [0, 0.05) is 64.9 Å². The summed E-state index contributed by atoms with van der Waals surface area (Å²) in [6, 6.07) is 15.1. The number of nitrogens with one attached hydrogen (secondary N) is 1. The Morgan fingerprint density at radius 3 is 2.75 bits per heavy atom. The third-order valence-corrected chi connectivity index (χ3v) is 8.58. The van der Waals surface area contributed by atoms with E-state index in [0.717, 1.165) is 11.3 Å². The Kier molecular flexibility index (Phi) is 5.31. The second-order valence-electron chi connectivity index (χ2n) is 9.13. The molecule has 3 aromatic rings. The van der Waals surface area contributed by atoms with E-state index in [9.17, 15) is 19.7 Å². The van der Waals surface area contributed by atoms with E-state index in [1.165, 1.54) is 18.3 Å². The number of hydrogen-bond acceptors (Lipinski definition) is 8. The highest BCUT2D eigenvalue weighted by atomic mass is 32.2. The van der Waals surface area contributed by atoms with Crippen LogP contribution in [0.15, 0.2) is 67.0 Å². The predicted octanol–water partition coefficient (Wildman–Crippen LogP) is 3.82. The predicted molar refractivity (Wildman–Crippen MR) is 134 cm³/mol. The topological polar surface area (TPSA) is 115 Å². The van der Waals surface area contributed by atoms with Gasteiger partial charge in [0.15, 0.2) is 5.78 Å². The van der Waals surface area contributed by atoms with Gasteiger partial charge in [0.1, 0.15) is 11.3 Å². The van der Waals surface area contributed by atoms with Crippen molar-refractivity contribution in [3.63, 3.8) is 0 Å². The van der Waals surface area contributed by atoms with Crippen LogP contribution < -0.4 is 10.1 Å². The van der Waals surface area contributed by atoms with Gasteiger partial charge in [-0.3, -0.25) is 29.6 Å². The molecule has 6 rings (SSSR count). The van der Waals surface area contributed by atoms with Gasteiger partial charge in [0.25, 0.3) is 5.69 Å². The number of carbonyl (C=O) groups excluding carboxylic acids is 2. The number of hydrogen-bond donors (Lipinski definition) is 1. The summed E-state index contributed by atoms with van der Waals surface area (Å²) in [7, 11) is 1.57. The number of benzene rings is 2. The number of ketones is 1. The Hall–Kier alpha value is -3.76. The maximum Gasteiger partial charge on any atom is 0.269 e. The number of fused-ring (bicyclic) bond motifs is 4. The largest absolute Gasteiger partial charge is 0.497 e.